The molecule has 2 N–H and O–H groups in total. The zero-order valence-corrected chi connectivity index (χ0v) is 12.0. The summed E-state index contributed by atoms with van der Waals surface area (Å²) >= 11 is 6.06. The molecule has 0 saturated carbocycles. The number of anilines is 1. The molecule has 1 fully saturated rings. The van der Waals surface area contributed by atoms with Gasteiger partial charge in [-0.2, -0.15) is 0 Å². The largest absolute Gasteiger partial charge is 0.481 e. The van der Waals surface area contributed by atoms with Crippen LogP contribution in [0.1, 0.15) is 19.3 Å². The molecule has 1 aromatic carbocycles. The molecule has 1 aliphatic heterocycles. The lowest BCUT2D eigenvalue weighted by Crippen LogP contribution is -2.41. The molecule has 1 heterocycles. The van der Waals surface area contributed by atoms with Crippen LogP contribution in [0.15, 0.2) is 24.3 Å². The monoisotopic (exact) mass is 310 g/mol. The fourth-order valence-electron chi connectivity index (χ4n) is 2.21. The maximum absolute atomic E-state index is 12.3. The molecule has 0 aliphatic carbocycles. The van der Waals surface area contributed by atoms with Crippen molar-refractivity contribution in [3.05, 3.63) is 29.3 Å². The first kappa shape index (κ1) is 15.3. The number of carbonyl (C=O) groups is 3. The predicted octanol–water partition coefficient (Wildman–Crippen LogP) is 1.43. The Morgan fingerprint density at radius 3 is 2.71 bits per heavy atom. The number of carbonyl (C=O) groups excluding carboxylic acids is 2. The Bertz CT molecular complexity index is 576. The summed E-state index contributed by atoms with van der Waals surface area (Å²) in [5, 5.41) is 11.6. The molecule has 112 valence electrons. The number of para-hydroxylation sites is 1. The third-order valence-corrected chi connectivity index (χ3v) is 3.57. The number of aliphatic carboxylic acids is 1. The van der Waals surface area contributed by atoms with Crippen LogP contribution < -0.4 is 10.2 Å². The van der Waals surface area contributed by atoms with Crippen molar-refractivity contribution in [3.63, 3.8) is 0 Å². The second-order valence-electron chi connectivity index (χ2n) is 4.74. The molecule has 1 atom stereocenters. The van der Waals surface area contributed by atoms with Crippen molar-refractivity contribution in [2.75, 3.05) is 11.4 Å². The zero-order chi connectivity index (χ0) is 15.4. The Morgan fingerprint density at radius 1 is 1.33 bits per heavy atom. The lowest BCUT2D eigenvalue weighted by Gasteiger charge is -2.18. The summed E-state index contributed by atoms with van der Waals surface area (Å²) in [4.78, 5) is 35.8. The van der Waals surface area contributed by atoms with Crippen LogP contribution in [0, 0.1) is 0 Å². The van der Waals surface area contributed by atoms with Crippen LogP contribution in [-0.4, -0.2) is 35.5 Å². The number of carboxylic acids is 1. The summed E-state index contributed by atoms with van der Waals surface area (Å²) in [5.74, 6) is -1.70. The van der Waals surface area contributed by atoms with E-state index in [4.69, 9.17) is 16.7 Å². The number of halogens is 1. The number of hydrogen-bond acceptors (Lipinski definition) is 3. The first-order valence-electron chi connectivity index (χ1n) is 6.56. The first-order chi connectivity index (χ1) is 9.99. The van der Waals surface area contributed by atoms with E-state index in [1.165, 1.54) is 4.90 Å². The van der Waals surface area contributed by atoms with Crippen molar-refractivity contribution in [3.8, 4) is 0 Å². The molecule has 7 heteroatoms. The van der Waals surface area contributed by atoms with Crippen LogP contribution in [0.25, 0.3) is 0 Å². The molecule has 1 aliphatic rings. The number of hydrogen-bond donors (Lipinski definition) is 2. The van der Waals surface area contributed by atoms with Gasteiger partial charge in [0.1, 0.15) is 6.04 Å². The van der Waals surface area contributed by atoms with Gasteiger partial charge < -0.3 is 15.3 Å². The average Bonchev–Trinajstić information content (AvgIpc) is 2.79. The summed E-state index contributed by atoms with van der Waals surface area (Å²) in [6.07, 6.45) is 0.0923. The van der Waals surface area contributed by atoms with Crippen molar-refractivity contribution < 1.29 is 19.5 Å². The van der Waals surface area contributed by atoms with E-state index in [0.29, 0.717) is 23.7 Å². The van der Waals surface area contributed by atoms with E-state index in [-0.39, 0.29) is 18.7 Å². The van der Waals surface area contributed by atoms with Crippen LogP contribution in [0.2, 0.25) is 5.02 Å². The van der Waals surface area contributed by atoms with Gasteiger partial charge >= 0.3 is 5.97 Å². The maximum Gasteiger partial charge on any atom is 0.303 e. The molecule has 0 radical (unpaired) electrons. The van der Waals surface area contributed by atoms with Crippen LogP contribution in [0.4, 0.5) is 5.69 Å². The SMILES string of the molecule is O=C(O)CCC(=O)NC1CCN(c2ccccc2Cl)C1=O. The standard InChI is InChI=1S/C14H15ClN2O4/c15-9-3-1-2-4-11(9)17-8-7-10(14(17)21)16-12(18)5-6-13(19)20/h1-4,10H,5-8H2,(H,16,18)(H,19,20). The summed E-state index contributed by atoms with van der Waals surface area (Å²) in [6, 6.07) is 6.38. The highest BCUT2D eigenvalue weighted by Crippen LogP contribution is 2.28. The fourth-order valence-corrected chi connectivity index (χ4v) is 2.45. The van der Waals surface area contributed by atoms with Crippen LogP contribution in [0.3, 0.4) is 0 Å². The molecular weight excluding hydrogens is 296 g/mol. The smallest absolute Gasteiger partial charge is 0.303 e. The van der Waals surface area contributed by atoms with Crippen molar-refractivity contribution in [1.29, 1.82) is 0 Å². The van der Waals surface area contributed by atoms with Gasteiger partial charge in [0.05, 0.1) is 17.1 Å². The van der Waals surface area contributed by atoms with E-state index in [1.54, 1.807) is 24.3 Å². The molecule has 2 rings (SSSR count). The molecule has 0 bridgehead atoms. The van der Waals surface area contributed by atoms with Gasteiger partial charge in [0.2, 0.25) is 11.8 Å². The van der Waals surface area contributed by atoms with Gasteiger partial charge in [-0.3, -0.25) is 14.4 Å². The Hall–Kier alpha value is -2.08. The highest BCUT2D eigenvalue weighted by atomic mass is 35.5. The van der Waals surface area contributed by atoms with Crippen molar-refractivity contribution >= 4 is 35.1 Å². The molecule has 1 unspecified atom stereocenters. The molecule has 0 spiro atoms. The molecule has 1 saturated heterocycles. The highest BCUT2D eigenvalue weighted by Gasteiger charge is 2.34. The Balaban J connectivity index is 1.97. The van der Waals surface area contributed by atoms with E-state index < -0.39 is 17.9 Å². The minimum Gasteiger partial charge on any atom is -0.481 e. The minimum atomic E-state index is -1.04. The Morgan fingerprint density at radius 2 is 2.05 bits per heavy atom. The summed E-state index contributed by atoms with van der Waals surface area (Å²) in [5.41, 5.74) is 0.617. The number of amides is 2. The molecule has 2 amide bonds. The highest BCUT2D eigenvalue weighted by molar-refractivity contribution is 6.34. The van der Waals surface area contributed by atoms with Crippen molar-refractivity contribution in [2.24, 2.45) is 0 Å². The normalized spacial score (nSPS) is 17.9. The second-order valence-corrected chi connectivity index (χ2v) is 5.15. The molecule has 21 heavy (non-hydrogen) atoms. The van der Waals surface area contributed by atoms with Gasteiger partial charge in [-0.05, 0) is 18.6 Å². The van der Waals surface area contributed by atoms with E-state index in [9.17, 15) is 14.4 Å². The summed E-state index contributed by atoms with van der Waals surface area (Å²) < 4.78 is 0. The van der Waals surface area contributed by atoms with Crippen LogP contribution in [-0.2, 0) is 14.4 Å². The van der Waals surface area contributed by atoms with Crippen molar-refractivity contribution in [1.82, 2.24) is 5.32 Å². The molecule has 1 aromatic rings. The van der Waals surface area contributed by atoms with Gasteiger partial charge in [-0.1, -0.05) is 23.7 Å². The number of nitrogens with zero attached hydrogens (tertiary/aromatic N) is 1. The second kappa shape index (κ2) is 6.58. The van der Waals surface area contributed by atoms with Crippen LogP contribution >= 0.6 is 11.6 Å². The lowest BCUT2D eigenvalue weighted by molar-refractivity contribution is -0.139. The fraction of sp³-hybridized carbons (Fsp3) is 0.357. The topological polar surface area (TPSA) is 86.7 Å². The maximum atomic E-state index is 12.3. The number of carboxylic acid groups (broad SMARTS) is 1. The Kier molecular flexibility index (Phi) is 4.80. The Labute approximate surface area is 126 Å². The first-order valence-corrected chi connectivity index (χ1v) is 6.94. The minimum absolute atomic E-state index is 0.134. The van der Waals surface area contributed by atoms with E-state index in [2.05, 4.69) is 5.32 Å². The zero-order valence-electron chi connectivity index (χ0n) is 11.2. The van der Waals surface area contributed by atoms with Gasteiger partial charge in [-0.25, -0.2) is 0 Å². The average molecular weight is 311 g/mol. The molecule has 0 aromatic heterocycles. The number of nitrogens with one attached hydrogen (secondary N) is 1. The summed E-state index contributed by atoms with van der Waals surface area (Å²) in [6.45, 7) is 0.465. The summed E-state index contributed by atoms with van der Waals surface area (Å²) in [7, 11) is 0. The van der Waals surface area contributed by atoms with E-state index >= 15 is 0 Å². The van der Waals surface area contributed by atoms with Gasteiger partial charge in [-0.15, -0.1) is 0 Å². The quantitative estimate of drug-likeness (QED) is 0.861. The third-order valence-electron chi connectivity index (χ3n) is 3.25. The van der Waals surface area contributed by atoms with Gasteiger partial charge in [0, 0.05) is 13.0 Å². The predicted molar refractivity (Wildman–Crippen MR) is 77.2 cm³/mol. The molecule has 6 nitrogen and oxygen atoms in total. The van der Waals surface area contributed by atoms with E-state index in [1.807, 2.05) is 0 Å². The number of benzene rings is 1. The molecular formula is C14H15ClN2O4. The van der Waals surface area contributed by atoms with Gasteiger partial charge in [0.15, 0.2) is 0 Å². The van der Waals surface area contributed by atoms with E-state index in [0.717, 1.165) is 0 Å². The lowest BCUT2D eigenvalue weighted by atomic mass is 10.2. The van der Waals surface area contributed by atoms with Gasteiger partial charge in [0.25, 0.3) is 0 Å². The van der Waals surface area contributed by atoms with Crippen molar-refractivity contribution in [2.45, 2.75) is 25.3 Å². The third kappa shape index (κ3) is 3.72. The number of rotatable bonds is 5. The van der Waals surface area contributed by atoms with Crippen LogP contribution in [0.5, 0.6) is 0 Å².